The van der Waals surface area contributed by atoms with E-state index in [9.17, 15) is 29.0 Å². The summed E-state index contributed by atoms with van der Waals surface area (Å²) in [4.78, 5) is 45.9. The van der Waals surface area contributed by atoms with Gasteiger partial charge in [-0.3, -0.25) is 9.59 Å². The van der Waals surface area contributed by atoms with E-state index >= 15 is 0 Å². The molecule has 0 saturated carbocycles. The third-order valence-electron chi connectivity index (χ3n) is 7.99. The van der Waals surface area contributed by atoms with E-state index in [-0.39, 0.29) is 19.4 Å². The molecule has 268 valence electrons. The Kier molecular flexibility index (Phi) is 29.6. The zero-order chi connectivity index (χ0) is 33.6. The van der Waals surface area contributed by atoms with Crippen LogP contribution in [0.25, 0.3) is 0 Å². The topological polar surface area (TPSA) is 163 Å². The first-order valence-corrected chi connectivity index (χ1v) is 19.6. The van der Waals surface area contributed by atoms with Gasteiger partial charge in [0, 0.05) is 12.8 Å². The van der Waals surface area contributed by atoms with Crippen molar-refractivity contribution in [1.29, 1.82) is 0 Å². The van der Waals surface area contributed by atoms with Gasteiger partial charge in [0.15, 0.2) is 13.7 Å². The molecule has 0 radical (unpaired) electrons. The molecular weight excluding hydrogens is 599 g/mol. The van der Waals surface area contributed by atoms with Gasteiger partial charge in [0.2, 0.25) is 0 Å². The molecule has 0 aliphatic rings. The Morgan fingerprint density at radius 3 is 1.40 bits per heavy atom. The molecule has 0 heterocycles. The van der Waals surface area contributed by atoms with E-state index in [1.165, 1.54) is 89.9 Å². The number of aliphatic hydroxyl groups excluding tert-OH is 2. The molecule has 3 unspecified atom stereocenters. The molecular formula is C34H66O10P-. The van der Waals surface area contributed by atoms with E-state index in [0.717, 1.165) is 38.5 Å². The minimum absolute atomic E-state index is 0.156. The summed E-state index contributed by atoms with van der Waals surface area (Å²) in [6.45, 7) is 2.56. The Hall–Kier alpha value is -1.03. The molecule has 0 aliphatic carbocycles. The van der Waals surface area contributed by atoms with Crippen molar-refractivity contribution < 1.29 is 48.4 Å². The highest BCUT2D eigenvalue weighted by molar-refractivity contribution is 7.50. The van der Waals surface area contributed by atoms with Crippen LogP contribution in [0.2, 0.25) is 0 Å². The molecule has 10 nitrogen and oxygen atoms in total. The van der Waals surface area contributed by atoms with Crippen LogP contribution in [-0.4, -0.2) is 64.9 Å². The minimum atomic E-state index is -5.18. The van der Waals surface area contributed by atoms with Gasteiger partial charge in [-0.2, -0.15) is 0 Å². The number of hydrogen-bond donors (Lipinski definition) is 3. The van der Waals surface area contributed by atoms with Crippen molar-refractivity contribution in [3.8, 4) is 0 Å². The highest BCUT2D eigenvalue weighted by Gasteiger charge is 2.31. The van der Waals surface area contributed by atoms with Crippen LogP contribution in [0, 0.1) is 0 Å². The molecule has 0 aromatic rings. The molecule has 11 heteroatoms. The number of ether oxygens (including phenoxy) is 3. The van der Waals surface area contributed by atoms with Gasteiger partial charge in [-0.25, -0.2) is 0 Å². The van der Waals surface area contributed by atoms with Crippen molar-refractivity contribution in [1.82, 2.24) is 0 Å². The van der Waals surface area contributed by atoms with Crippen LogP contribution in [0.1, 0.15) is 168 Å². The summed E-state index contributed by atoms with van der Waals surface area (Å²) < 4.78 is 27.5. The molecule has 45 heavy (non-hydrogen) atoms. The lowest BCUT2D eigenvalue weighted by atomic mass is 10.1. The summed E-state index contributed by atoms with van der Waals surface area (Å²) in [5, 5.41) is 18.9. The first-order chi connectivity index (χ1) is 21.6. The molecule has 4 atom stereocenters. The second-order valence-electron chi connectivity index (χ2n) is 12.4. The maximum atomic E-state index is 12.5. The van der Waals surface area contributed by atoms with Crippen molar-refractivity contribution >= 4 is 19.5 Å². The maximum absolute atomic E-state index is 12.5. The second-order valence-corrected chi connectivity index (χ2v) is 14.0. The largest absolute Gasteiger partial charge is 0.777 e. The van der Waals surface area contributed by atoms with Gasteiger partial charge in [-0.1, -0.05) is 142 Å². The average Bonchev–Trinajstić information content (AvgIpc) is 3.00. The lowest BCUT2D eigenvalue weighted by Crippen LogP contribution is -2.39. The van der Waals surface area contributed by atoms with Crippen molar-refractivity contribution in [2.24, 2.45) is 0 Å². The summed E-state index contributed by atoms with van der Waals surface area (Å²) in [5.41, 5.74) is 0. The minimum Gasteiger partial charge on any atom is -0.777 e. The van der Waals surface area contributed by atoms with E-state index in [2.05, 4.69) is 13.8 Å². The van der Waals surface area contributed by atoms with Crippen LogP contribution in [0.5, 0.6) is 0 Å². The Morgan fingerprint density at radius 1 is 0.644 bits per heavy atom. The Labute approximate surface area is 273 Å². The Balaban J connectivity index is 4.48. The molecule has 0 fully saturated rings. The number of carbonyl (C=O) groups excluding carboxylic acids is 2. The van der Waals surface area contributed by atoms with E-state index < -0.39 is 50.8 Å². The molecule has 0 bridgehead atoms. The summed E-state index contributed by atoms with van der Waals surface area (Å²) in [5.74, 6) is -3.10. The van der Waals surface area contributed by atoms with Crippen LogP contribution in [0.3, 0.4) is 0 Å². The van der Waals surface area contributed by atoms with Crippen molar-refractivity contribution in [3.05, 3.63) is 0 Å². The van der Waals surface area contributed by atoms with Crippen LogP contribution < -0.4 is 4.89 Å². The third-order valence-corrected chi connectivity index (χ3v) is 9.12. The highest BCUT2D eigenvalue weighted by Crippen LogP contribution is 2.39. The Morgan fingerprint density at radius 2 is 1.02 bits per heavy atom. The van der Waals surface area contributed by atoms with E-state index in [0.29, 0.717) is 12.8 Å². The van der Waals surface area contributed by atoms with E-state index in [1.54, 1.807) is 0 Å². The average molecular weight is 666 g/mol. The summed E-state index contributed by atoms with van der Waals surface area (Å²) in [6, 6.07) is 0. The van der Waals surface area contributed by atoms with Gasteiger partial charge in [0.05, 0.1) is 13.2 Å². The monoisotopic (exact) mass is 665 g/mol. The quantitative estimate of drug-likeness (QED) is 0.0375. The van der Waals surface area contributed by atoms with Crippen LogP contribution in [-0.2, 0) is 28.4 Å². The number of rotatable bonds is 33. The maximum Gasteiger partial charge on any atom is 0.306 e. The number of carbonyl (C=O) groups is 2. The predicted molar refractivity (Wildman–Crippen MR) is 176 cm³/mol. The predicted octanol–water partition coefficient (Wildman–Crippen LogP) is 7.09. The summed E-state index contributed by atoms with van der Waals surface area (Å²) in [7, 11) is -5.18. The fourth-order valence-corrected chi connectivity index (χ4v) is 6.01. The normalized spacial score (nSPS) is 14.9. The summed E-state index contributed by atoms with van der Waals surface area (Å²) >= 11 is 0. The van der Waals surface area contributed by atoms with Crippen LogP contribution >= 0.6 is 7.60 Å². The van der Waals surface area contributed by atoms with Gasteiger partial charge in [0.1, 0.15) is 18.6 Å². The zero-order valence-electron chi connectivity index (χ0n) is 28.5. The molecule has 0 saturated heterocycles. The van der Waals surface area contributed by atoms with Gasteiger partial charge < -0.3 is 38.8 Å². The first kappa shape index (κ1) is 44.0. The number of unbranched alkanes of at least 4 members (excludes halogenated alkanes) is 20. The number of aliphatic hydroxyl groups is 2. The van der Waals surface area contributed by atoms with Gasteiger partial charge in [-0.05, 0) is 12.8 Å². The molecule has 0 spiro atoms. The fourth-order valence-electron chi connectivity index (χ4n) is 5.20. The van der Waals surface area contributed by atoms with Crippen molar-refractivity contribution in [3.63, 3.8) is 0 Å². The third kappa shape index (κ3) is 27.8. The second kappa shape index (κ2) is 30.3. The van der Waals surface area contributed by atoms with Crippen LogP contribution in [0.15, 0.2) is 0 Å². The lowest BCUT2D eigenvalue weighted by molar-refractivity contribution is -0.212. The highest BCUT2D eigenvalue weighted by atomic mass is 31.2. The number of esters is 2. The molecule has 0 aliphatic heterocycles. The molecule has 0 rings (SSSR count). The van der Waals surface area contributed by atoms with E-state index in [4.69, 9.17) is 19.3 Å². The molecule has 0 aromatic carbocycles. The van der Waals surface area contributed by atoms with Gasteiger partial charge >= 0.3 is 11.9 Å². The zero-order valence-corrected chi connectivity index (χ0v) is 29.4. The van der Waals surface area contributed by atoms with Crippen molar-refractivity contribution in [2.75, 3.05) is 19.8 Å². The lowest BCUT2D eigenvalue weighted by Gasteiger charge is -2.31. The first-order valence-electron chi connectivity index (χ1n) is 17.9. The molecule has 0 amide bonds. The van der Waals surface area contributed by atoms with E-state index in [1.807, 2.05) is 0 Å². The smallest absolute Gasteiger partial charge is 0.306 e. The summed E-state index contributed by atoms with van der Waals surface area (Å²) in [6.07, 6.45) is 22.6. The standard InChI is InChI=1S/C34H67O10P/c1-3-5-7-9-11-13-15-17-19-21-23-25-32(37)42-28-30(29-43-34(31(36)27-35)45(39,40)41)44-33(38)26-24-22-20-18-16-14-12-10-8-6-4-2/h30-31,34-36H,3-29H2,1-2H3,(H2,39,40,41)/p-1/t30-,31?,34?/m0/s1. The fraction of sp³-hybridized carbons (Fsp3) is 0.941. The Bertz CT molecular complexity index is 744. The van der Waals surface area contributed by atoms with Gasteiger partial charge in [-0.15, -0.1) is 0 Å². The SMILES string of the molecule is CCCCCCCCCCCCCC(=O)OC[C@@H](COC(C(O)CO)P(=O)([O-])O)OC(=O)CCCCCCCCCCCCC. The van der Waals surface area contributed by atoms with Gasteiger partial charge in [0.25, 0.3) is 0 Å². The number of hydrogen-bond acceptors (Lipinski definition) is 9. The molecule has 0 aromatic heterocycles. The van der Waals surface area contributed by atoms with Crippen LogP contribution in [0.4, 0.5) is 0 Å². The van der Waals surface area contributed by atoms with Crippen molar-refractivity contribution in [2.45, 2.75) is 186 Å². The molecule has 3 N–H and O–H groups in total.